The minimum atomic E-state index is -0.396. The van der Waals surface area contributed by atoms with Crippen LogP contribution in [0.2, 0.25) is 0 Å². The summed E-state index contributed by atoms with van der Waals surface area (Å²) in [5.41, 5.74) is 12.9. The summed E-state index contributed by atoms with van der Waals surface area (Å²) < 4.78 is 14.2. The van der Waals surface area contributed by atoms with E-state index in [4.69, 9.17) is 19.4 Å². The number of carbonyl (C=O) groups is 2. The summed E-state index contributed by atoms with van der Waals surface area (Å²) >= 11 is 3.27. The molecule has 2 aliphatic rings. The van der Waals surface area contributed by atoms with Crippen LogP contribution < -0.4 is 9.13 Å². The number of esters is 2. The van der Waals surface area contributed by atoms with Crippen molar-refractivity contribution in [3.05, 3.63) is 130 Å². The van der Waals surface area contributed by atoms with Gasteiger partial charge in [-0.3, -0.25) is 0 Å². The third-order valence-electron chi connectivity index (χ3n) is 9.94. The molecule has 0 unspecified atom stereocenters. The number of nitrogens with zero attached hydrogens (tertiary/aromatic N) is 4. The number of fused-ring (bicyclic) bond motifs is 8. The van der Waals surface area contributed by atoms with E-state index in [-0.39, 0.29) is 0 Å². The first-order chi connectivity index (χ1) is 27.3. The summed E-state index contributed by atoms with van der Waals surface area (Å²) in [7, 11) is 6.83. The molecule has 12 heteroatoms. The Kier molecular flexibility index (Phi) is 8.83. The van der Waals surface area contributed by atoms with E-state index in [1.807, 2.05) is 62.9 Å². The lowest BCUT2D eigenvalue weighted by Crippen LogP contribution is -2.26. The summed E-state index contributed by atoms with van der Waals surface area (Å²) in [5.74, 6) is -0.793. The highest BCUT2D eigenvalue weighted by atomic mass is 32.1. The zero-order valence-corrected chi connectivity index (χ0v) is 32.4. The van der Waals surface area contributed by atoms with Crippen molar-refractivity contribution in [2.45, 2.75) is 0 Å². The minimum Gasteiger partial charge on any atom is -0.465 e. The first-order valence-corrected chi connectivity index (χ1v) is 19.5. The zero-order chi connectivity index (χ0) is 38.5. The van der Waals surface area contributed by atoms with Crippen LogP contribution >= 0.6 is 22.7 Å². The number of carbonyl (C=O) groups excluding carboxylic acids is 2. The van der Waals surface area contributed by atoms with Crippen LogP contribution in [-0.4, -0.2) is 46.1 Å². The van der Waals surface area contributed by atoms with Crippen LogP contribution in [0, 0.1) is 0 Å². The lowest BCUT2D eigenvalue weighted by atomic mass is 10.0. The van der Waals surface area contributed by atoms with Crippen molar-refractivity contribution < 1.29 is 28.2 Å². The fourth-order valence-corrected chi connectivity index (χ4v) is 9.05. The number of rotatable bonds is 6. The molecule has 9 rings (SSSR count). The Balaban J connectivity index is 1.43. The van der Waals surface area contributed by atoms with Gasteiger partial charge in [-0.2, -0.15) is 9.13 Å². The normalized spacial score (nSPS) is 11.9. The van der Waals surface area contributed by atoms with Crippen molar-refractivity contribution in [2.24, 2.45) is 14.1 Å². The highest BCUT2D eigenvalue weighted by Crippen LogP contribution is 2.38. The van der Waals surface area contributed by atoms with Gasteiger partial charge in [0.05, 0.1) is 69.9 Å². The van der Waals surface area contributed by atoms with Crippen LogP contribution in [0.3, 0.4) is 0 Å². The molecule has 7 aromatic rings. The number of hydrogen-bond donors (Lipinski definition) is 2. The maximum Gasteiger partial charge on any atom is 0.337 e. The van der Waals surface area contributed by atoms with E-state index < -0.39 is 11.9 Å². The summed E-state index contributed by atoms with van der Waals surface area (Å²) in [4.78, 5) is 43.0. The number of benzene rings is 2. The van der Waals surface area contributed by atoms with E-state index in [2.05, 4.69) is 66.3 Å². The first kappa shape index (κ1) is 35.0. The van der Waals surface area contributed by atoms with Crippen molar-refractivity contribution in [3.63, 3.8) is 0 Å². The molecule has 10 nitrogen and oxygen atoms in total. The number of aromatic amines is 2. The standard InChI is InChI=1S/C44H33N6O4S2/c1-49-21-23-55-41(49)39-33-17-13-29(45-33)37(25-5-9-27(10-6-25)43(51)53-3)31-15-19-35(47-31)40(42-50(2)22-24-56-42)36-20-16-32(48-36)38(30-14-18-34(39)46-30)26-7-11-28(12-8-26)44(52)54-4/h5-24H,1-4H3,(H,45,46,47,48)/q+1/p+1. The van der Waals surface area contributed by atoms with Gasteiger partial charge < -0.3 is 19.4 Å². The zero-order valence-electron chi connectivity index (χ0n) is 30.8. The van der Waals surface area contributed by atoms with Gasteiger partial charge in [0.1, 0.15) is 25.2 Å². The smallest absolute Gasteiger partial charge is 0.337 e. The van der Waals surface area contributed by atoms with Gasteiger partial charge in [-0.15, -0.1) is 0 Å². The van der Waals surface area contributed by atoms with E-state index in [1.54, 1.807) is 46.9 Å². The minimum absolute atomic E-state index is 0.396. The van der Waals surface area contributed by atoms with Crippen LogP contribution in [0.15, 0.2) is 96.0 Å². The molecule has 2 N–H and O–H groups in total. The number of ether oxygens (including phenoxy) is 2. The molecule has 0 amide bonds. The molecule has 0 saturated carbocycles. The monoisotopic (exact) mass is 774 g/mol. The molecule has 0 saturated heterocycles. The molecular weight excluding hydrogens is 741 g/mol. The van der Waals surface area contributed by atoms with E-state index in [1.165, 1.54) is 14.2 Å². The van der Waals surface area contributed by atoms with Crippen LogP contribution in [0.25, 0.3) is 89.8 Å². The fraction of sp³-hybridized carbons (Fsp3) is 0.0909. The maximum absolute atomic E-state index is 12.4. The summed E-state index contributed by atoms with van der Waals surface area (Å²) in [6.45, 7) is 0. The number of H-pyrrole nitrogens is 2. The Hall–Kier alpha value is -6.76. The molecule has 274 valence electrons. The highest BCUT2D eigenvalue weighted by Gasteiger charge is 2.24. The molecule has 5 aromatic heterocycles. The number of hydrogen-bond acceptors (Lipinski definition) is 8. The Labute approximate surface area is 329 Å². The molecule has 0 spiro atoms. The molecule has 0 aliphatic carbocycles. The summed E-state index contributed by atoms with van der Waals surface area (Å²) in [5, 5.41) is 6.17. The van der Waals surface area contributed by atoms with Crippen molar-refractivity contribution in [2.75, 3.05) is 14.2 Å². The first-order valence-electron chi connectivity index (χ1n) is 17.7. The predicted octanol–water partition coefficient (Wildman–Crippen LogP) is 8.67. The summed E-state index contributed by atoms with van der Waals surface area (Å²) in [6.07, 6.45) is 12.3. The predicted molar refractivity (Wildman–Crippen MR) is 221 cm³/mol. The van der Waals surface area contributed by atoms with Crippen molar-refractivity contribution >= 4 is 81.0 Å². The topological polar surface area (TPSA) is 118 Å². The number of thiazole rings is 2. The molecule has 56 heavy (non-hydrogen) atoms. The fourth-order valence-electron chi connectivity index (χ4n) is 7.19. The van der Waals surface area contributed by atoms with Gasteiger partial charge in [0, 0.05) is 22.2 Å². The molecule has 0 radical (unpaired) electrons. The van der Waals surface area contributed by atoms with E-state index in [9.17, 15) is 9.59 Å². The molecule has 7 heterocycles. The molecule has 0 atom stereocenters. The van der Waals surface area contributed by atoms with Gasteiger partial charge in [-0.25, -0.2) is 19.6 Å². The summed E-state index contributed by atoms with van der Waals surface area (Å²) in [6, 6.07) is 23.1. The molecule has 0 fully saturated rings. The largest absolute Gasteiger partial charge is 0.465 e. The van der Waals surface area contributed by atoms with Gasteiger partial charge in [0.25, 0.3) is 10.0 Å². The lowest BCUT2D eigenvalue weighted by Gasteiger charge is -2.06. The van der Waals surface area contributed by atoms with Crippen molar-refractivity contribution in [3.8, 4) is 43.4 Å². The second-order valence-electron chi connectivity index (χ2n) is 13.3. The van der Waals surface area contributed by atoms with E-state index in [0.717, 1.165) is 88.2 Å². The Morgan fingerprint density at radius 2 is 0.857 bits per heavy atom. The number of methoxy groups -OCH3 is 2. The van der Waals surface area contributed by atoms with Gasteiger partial charge >= 0.3 is 11.9 Å². The van der Waals surface area contributed by atoms with E-state index in [0.29, 0.717) is 11.1 Å². The second-order valence-corrected chi connectivity index (χ2v) is 15.1. The van der Waals surface area contributed by atoms with Crippen LogP contribution in [0.5, 0.6) is 0 Å². The van der Waals surface area contributed by atoms with Gasteiger partial charge in [-0.05, 0) is 84.0 Å². The van der Waals surface area contributed by atoms with Gasteiger partial charge in [0.2, 0.25) is 0 Å². The number of aryl methyl sites for hydroxylation is 2. The second kappa shape index (κ2) is 14.1. The SMILES string of the molecule is COC(=O)c1ccc(-c2c3nc(c(-c4scc[n+]4C)c4ccc([nH]4)c(-c4ccc(C(=O)OC)cc4)c4nc(c(-c5scc[n+]5C)c5ccc2[nH]5)C=C4)C=C3)cc1. The number of aromatic nitrogens is 6. The van der Waals surface area contributed by atoms with Crippen LogP contribution in [0.4, 0.5) is 0 Å². The third kappa shape index (κ3) is 6.05. The quantitative estimate of drug-likeness (QED) is 0.129. The van der Waals surface area contributed by atoms with E-state index >= 15 is 0 Å². The Morgan fingerprint density at radius 3 is 1.18 bits per heavy atom. The molecule has 2 aromatic carbocycles. The average Bonchev–Trinajstić information content (AvgIpc) is 4.09. The highest BCUT2D eigenvalue weighted by molar-refractivity contribution is 7.13. The Bertz CT molecular complexity index is 2750. The van der Waals surface area contributed by atoms with Crippen molar-refractivity contribution in [1.82, 2.24) is 19.9 Å². The van der Waals surface area contributed by atoms with Crippen LogP contribution in [-0.2, 0) is 23.6 Å². The lowest BCUT2D eigenvalue weighted by molar-refractivity contribution is -0.656. The van der Waals surface area contributed by atoms with Crippen LogP contribution in [0.1, 0.15) is 43.5 Å². The average molecular weight is 775 g/mol. The Morgan fingerprint density at radius 1 is 0.518 bits per heavy atom. The van der Waals surface area contributed by atoms with Gasteiger partial charge in [0.15, 0.2) is 12.4 Å². The molecular formula is C44H34N6O4S2+2. The van der Waals surface area contributed by atoms with Crippen molar-refractivity contribution in [1.29, 1.82) is 0 Å². The maximum atomic E-state index is 12.4. The molecule has 8 bridgehead atoms. The number of nitrogens with one attached hydrogen (secondary N) is 2. The van der Waals surface area contributed by atoms with Gasteiger partial charge in [-0.1, -0.05) is 46.9 Å². The third-order valence-corrected chi connectivity index (χ3v) is 11.9. The molecule has 2 aliphatic heterocycles.